The van der Waals surface area contributed by atoms with Crippen molar-refractivity contribution in [2.24, 2.45) is 11.0 Å². The predicted molar refractivity (Wildman–Crippen MR) is 59.6 cm³/mol. The van der Waals surface area contributed by atoms with Crippen molar-refractivity contribution in [3.05, 3.63) is 0 Å². The summed E-state index contributed by atoms with van der Waals surface area (Å²) in [7, 11) is 0. The zero-order valence-electron chi connectivity index (χ0n) is 9.33. The Balaban J connectivity index is 1.75. The third-order valence-corrected chi connectivity index (χ3v) is 3.19. The van der Waals surface area contributed by atoms with E-state index in [0.29, 0.717) is 6.42 Å². The third kappa shape index (κ3) is 2.78. The molecule has 0 unspecified atom stereocenters. The van der Waals surface area contributed by atoms with Crippen molar-refractivity contribution in [2.45, 2.75) is 32.6 Å². The largest absolute Gasteiger partial charge is 0.317 e. The molecule has 1 N–H and O–H groups in total. The highest BCUT2D eigenvalue weighted by Gasteiger charge is 2.22. The van der Waals surface area contributed by atoms with Gasteiger partial charge in [-0.05, 0) is 45.2 Å². The summed E-state index contributed by atoms with van der Waals surface area (Å²) in [6.45, 7) is 4.98. The SMILES string of the molecule is CC1=NN(CCC2CCNCC2)C(=O)C1. The smallest absolute Gasteiger partial charge is 0.248 e. The summed E-state index contributed by atoms with van der Waals surface area (Å²) < 4.78 is 0. The van der Waals surface area contributed by atoms with Crippen LogP contribution in [0.15, 0.2) is 5.10 Å². The summed E-state index contributed by atoms with van der Waals surface area (Å²) in [4.78, 5) is 11.5. The van der Waals surface area contributed by atoms with E-state index in [4.69, 9.17) is 0 Å². The van der Waals surface area contributed by atoms with Crippen LogP contribution in [0.2, 0.25) is 0 Å². The number of carbonyl (C=O) groups excluding carboxylic acids is 1. The Kier molecular flexibility index (Phi) is 3.36. The lowest BCUT2D eigenvalue weighted by molar-refractivity contribution is -0.128. The summed E-state index contributed by atoms with van der Waals surface area (Å²) in [5.74, 6) is 0.941. The van der Waals surface area contributed by atoms with E-state index in [1.807, 2.05) is 6.92 Å². The summed E-state index contributed by atoms with van der Waals surface area (Å²) in [6.07, 6.45) is 4.10. The van der Waals surface area contributed by atoms with Crippen LogP contribution in [0.1, 0.15) is 32.6 Å². The number of rotatable bonds is 3. The molecule has 2 rings (SSSR count). The zero-order chi connectivity index (χ0) is 10.7. The molecule has 4 heteroatoms. The van der Waals surface area contributed by atoms with Crippen LogP contribution in [-0.2, 0) is 4.79 Å². The van der Waals surface area contributed by atoms with Crippen LogP contribution in [0, 0.1) is 5.92 Å². The lowest BCUT2D eigenvalue weighted by Gasteiger charge is -2.23. The van der Waals surface area contributed by atoms with E-state index < -0.39 is 0 Å². The van der Waals surface area contributed by atoms with E-state index >= 15 is 0 Å². The molecule has 0 aliphatic carbocycles. The highest BCUT2D eigenvalue weighted by Crippen LogP contribution is 2.18. The number of nitrogens with one attached hydrogen (secondary N) is 1. The molecule has 0 bridgehead atoms. The normalized spacial score (nSPS) is 23.4. The van der Waals surface area contributed by atoms with Gasteiger partial charge in [0.15, 0.2) is 0 Å². The van der Waals surface area contributed by atoms with E-state index in [1.165, 1.54) is 12.8 Å². The van der Waals surface area contributed by atoms with Crippen molar-refractivity contribution < 1.29 is 4.79 Å². The Bertz CT molecular complexity index is 269. The number of hydrogen-bond donors (Lipinski definition) is 1. The van der Waals surface area contributed by atoms with Crippen molar-refractivity contribution >= 4 is 11.6 Å². The molecule has 4 nitrogen and oxygen atoms in total. The van der Waals surface area contributed by atoms with Crippen LogP contribution in [-0.4, -0.2) is 36.3 Å². The first kappa shape index (κ1) is 10.6. The van der Waals surface area contributed by atoms with Crippen LogP contribution in [0.3, 0.4) is 0 Å². The fourth-order valence-corrected chi connectivity index (χ4v) is 2.26. The summed E-state index contributed by atoms with van der Waals surface area (Å²) in [5, 5.41) is 9.24. The highest BCUT2D eigenvalue weighted by atomic mass is 16.2. The fraction of sp³-hybridized carbons (Fsp3) is 0.818. The second-order valence-electron chi connectivity index (χ2n) is 4.51. The van der Waals surface area contributed by atoms with Gasteiger partial charge in [-0.25, -0.2) is 5.01 Å². The Morgan fingerprint density at radius 2 is 2.20 bits per heavy atom. The molecule has 15 heavy (non-hydrogen) atoms. The summed E-state index contributed by atoms with van der Waals surface area (Å²) in [6, 6.07) is 0. The Hall–Kier alpha value is -0.900. The zero-order valence-corrected chi connectivity index (χ0v) is 9.33. The minimum Gasteiger partial charge on any atom is -0.317 e. The first-order valence-electron chi connectivity index (χ1n) is 5.81. The molecular formula is C11H19N3O. The first-order chi connectivity index (χ1) is 7.25. The molecule has 0 aromatic rings. The molecule has 2 aliphatic rings. The van der Waals surface area contributed by atoms with Gasteiger partial charge in [0, 0.05) is 12.3 Å². The number of piperidine rings is 1. The maximum atomic E-state index is 11.5. The molecule has 0 aromatic carbocycles. The van der Waals surface area contributed by atoms with Crippen molar-refractivity contribution in [1.82, 2.24) is 10.3 Å². The molecule has 0 radical (unpaired) electrons. The van der Waals surface area contributed by atoms with Gasteiger partial charge in [-0.3, -0.25) is 4.79 Å². The fourth-order valence-electron chi connectivity index (χ4n) is 2.26. The third-order valence-electron chi connectivity index (χ3n) is 3.19. The van der Waals surface area contributed by atoms with Crippen LogP contribution in [0.5, 0.6) is 0 Å². The molecule has 1 amide bonds. The highest BCUT2D eigenvalue weighted by molar-refractivity contribution is 6.03. The Morgan fingerprint density at radius 1 is 1.47 bits per heavy atom. The van der Waals surface area contributed by atoms with E-state index in [1.54, 1.807) is 5.01 Å². The van der Waals surface area contributed by atoms with Gasteiger partial charge in [-0.15, -0.1) is 0 Å². The molecule has 2 aliphatic heterocycles. The average Bonchev–Trinajstić information content (AvgIpc) is 2.56. The molecule has 1 fully saturated rings. The molecule has 2 heterocycles. The van der Waals surface area contributed by atoms with E-state index in [-0.39, 0.29) is 5.91 Å². The molecule has 0 spiro atoms. The Morgan fingerprint density at radius 3 is 2.80 bits per heavy atom. The number of carbonyl (C=O) groups is 1. The van der Waals surface area contributed by atoms with E-state index in [9.17, 15) is 4.79 Å². The van der Waals surface area contributed by atoms with Gasteiger partial charge < -0.3 is 5.32 Å². The number of hydrazone groups is 1. The number of hydrogen-bond acceptors (Lipinski definition) is 3. The number of nitrogens with zero attached hydrogens (tertiary/aromatic N) is 2. The average molecular weight is 209 g/mol. The van der Waals surface area contributed by atoms with Crippen molar-refractivity contribution in [3.63, 3.8) is 0 Å². The van der Waals surface area contributed by atoms with Gasteiger partial charge in [-0.2, -0.15) is 5.10 Å². The predicted octanol–water partition coefficient (Wildman–Crippen LogP) is 0.984. The quantitative estimate of drug-likeness (QED) is 0.753. The van der Waals surface area contributed by atoms with Gasteiger partial charge in [-0.1, -0.05) is 0 Å². The van der Waals surface area contributed by atoms with Crippen LogP contribution >= 0.6 is 0 Å². The van der Waals surface area contributed by atoms with Gasteiger partial charge in [0.1, 0.15) is 0 Å². The second-order valence-corrected chi connectivity index (χ2v) is 4.51. The van der Waals surface area contributed by atoms with Gasteiger partial charge >= 0.3 is 0 Å². The Labute approximate surface area is 90.7 Å². The lowest BCUT2D eigenvalue weighted by atomic mass is 9.95. The summed E-state index contributed by atoms with van der Waals surface area (Å²) >= 11 is 0. The first-order valence-corrected chi connectivity index (χ1v) is 5.81. The molecule has 0 aromatic heterocycles. The van der Waals surface area contributed by atoms with Crippen LogP contribution in [0.4, 0.5) is 0 Å². The van der Waals surface area contributed by atoms with Gasteiger partial charge in [0.05, 0.1) is 6.42 Å². The minimum absolute atomic E-state index is 0.168. The molecule has 0 atom stereocenters. The standard InChI is InChI=1S/C11H19N3O/c1-9-8-11(15)14(13-9)7-4-10-2-5-12-6-3-10/h10,12H,2-8H2,1H3. The maximum absolute atomic E-state index is 11.5. The topological polar surface area (TPSA) is 44.7 Å². The number of amides is 1. The molecule has 84 valence electrons. The van der Waals surface area contributed by atoms with Crippen molar-refractivity contribution in [2.75, 3.05) is 19.6 Å². The van der Waals surface area contributed by atoms with E-state index in [0.717, 1.165) is 37.7 Å². The van der Waals surface area contributed by atoms with Gasteiger partial charge in [0.25, 0.3) is 0 Å². The minimum atomic E-state index is 0.168. The maximum Gasteiger partial charge on any atom is 0.248 e. The lowest BCUT2D eigenvalue weighted by Crippen LogP contribution is -2.30. The van der Waals surface area contributed by atoms with E-state index in [2.05, 4.69) is 10.4 Å². The van der Waals surface area contributed by atoms with Crippen molar-refractivity contribution in [3.8, 4) is 0 Å². The van der Waals surface area contributed by atoms with Crippen LogP contribution < -0.4 is 5.32 Å². The molecule has 0 saturated carbocycles. The van der Waals surface area contributed by atoms with Gasteiger partial charge in [0.2, 0.25) is 5.91 Å². The molecular weight excluding hydrogens is 190 g/mol. The summed E-state index contributed by atoms with van der Waals surface area (Å²) in [5.41, 5.74) is 0.949. The molecule has 1 saturated heterocycles. The second kappa shape index (κ2) is 4.75. The monoisotopic (exact) mass is 209 g/mol. The van der Waals surface area contributed by atoms with Crippen molar-refractivity contribution in [1.29, 1.82) is 0 Å². The van der Waals surface area contributed by atoms with Crippen LogP contribution in [0.25, 0.3) is 0 Å².